The zero-order chi connectivity index (χ0) is 19.5. The van der Waals surface area contributed by atoms with Crippen molar-refractivity contribution >= 4 is 23.2 Å². The molecule has 0 spiro atoms. The van der Waals surface area contributed by atoms with Gasteiger partial charge in [-0.1, -0.05) is 23.7 Å². The number of hydrogen-bond donors (Lipinski definition) is 1. The van der Waals surface area contributed by atoms with Crippen molar-refractivity contribution in [2.24, 2.45) is 0 Å². The van der Waals surface area contributed by atoms with Crippen molar-refractivity contribution < 1.29 is 18.7 Å². The quantitative estimate of drug-likeness (QED) is 0.782. The van der Waals surface area contributed by atoms with Gasteiger partial charge in [-0.25, -0.2) is 4.39 Å². The third-order valence-corrected chi connectivity index (χ3v) is 5.13. The molecule has 0 unspecified atom stereocenters. The minimum atomic E-state index is -0.261. The van der Waals surface area contributed by atoms with Gasteiger partial charge in [0.25, 0.3) is 0 Å². The molecule has 0 bridgehead atoms. The number of halogens is 2. The molecule has 1 fully saturated rings. The van der Waals surface area contributed by atoms with Gasteiger partial charge in [0, 0.05) is 31.1 Å². The lowest BCUT2D eigenvalue weighted by molar-refractivity contribution is -0.117. The molecule has 0 atom stereocenters. The fourth-order valence-electron chi connectivity index (χ4n) is 3.23. The molecule has 5 nitrogen and oxygen atoms in total. The number of amides is 1. The van der Waals surface area contributed by atoms with Gasteiger partial charge in [0.05, 0.1) is 30.5 Å². The van der Waals surface area contributed by atoms with E-state index in [1.54, 1.807) is 24.3 Å². The molecule has 1 N–H and O–H groups in total. The number of carbonyl (C=O) groups is 1. The van der Waals surface area contributed by atoms with E-state index >= 15 is 0 Å². The Kier molecular flexibility index (Phi) is 5.69. The van der Waals surface area contributed by atoms with Crippen LogP contribution >= 0.6 is 11.6 Å². The monoisotopic (exact) mass is 404 g/mol. The second-order valence-electron chi connectivity index (χ2n) is 7.14. The summed E-state index contributed by atoms with van der Waals surface area (Å²) in [7, 11) is 0. The molecule has 2 aromatic rings. The molecule has 0 saturated heterocycles. The Morgan fingerprint density at radius 1 is 1.14 bits per heavy atom. The van der Waals surface area contributed by atoms with Crippen molar-refractivity contribution in [3.8, 4) is 11.5 Å². The highest BCUT2D eigenvalue weighted by molar-refractivity contribution is 6.34. The van der Waals surface area contributed by atoms with E-state index in [9.17, 15) is 9.18 Å². The number of rotatable bonds is 6. The molecule has 7 heteroatoms. The summed E-state index contributed by atoms with van der Waals surface area (Å²) in [5, 5.41) is 3.29. The van der Waals surface area contributed by atoms with E-state index in [0.717, 1.165) is 24.8 Å². The third kappa shape index (κ3) is 4.75. The van der Waals surface area contributed by atoms with E-state index in [1.165, 1.54) is 12.1 Å². The molecule has 1 saturated carbocycles. The Hall–Kier alpha value is -2.31. The van der Waals surface area contributed by atoms with Gasteiger partial charge in [0.1, 0.15) is 5.82 Å². The maximum absolute atomic E-state index is 13.1. The predicted molar refractivity (Wildman–Crippen MR) is 106 cm³/mol. The maximum Gasteiger partial charge on any atom is 0.238 e. The lowest BCUT2D eigenvalue weighted by Crippen LogP contribution is -2.34. The number of hydrogen-bond acceptors (Lipinski definition) is 4. The number of carbonyl (C=O) groups excluding carboxylic acids is 1. The highest BCUT2D eigenvalue weighted by Gasteiger charge is 2.30. The van der Waals surface area contributed by atoms with Crippen LogP contribution < -0.4 is 14.8 Å². The van der Waals surface area contributed by atoms with Gasteiger partial charge in [0.15, 0.2) is 11.5 Å². The first kappa shape index (κ1) is 19.0. The van der Waals surface area contributed by atoms with Crippen molar-refractivity contribution in [3.05, 3.63) is 52.8 Å². The van der Waals surface area contributed by atoms with E-state index in [2.05, 4.69) is 10.2 Å². The lowest BCUT2D eigenvalue weighted by atomic mass is 10.2. The van der Waals surface area contributed by atoms with Crippen molar-refractivity contribution in [1.82, 2.24) is 4.90 Å². The first-order valence-electron chi connectivity index (χ1n) is 9.46. The minimum Gasteiger partial charge on any atom is -0.490 e. The maximum atomic E-state index is 13.1. The molecule has 1 amide bonds. The standard InChI is InChI=1S/C21H22ClFN2O3/c22-17-10-19-20(28-9-1-8-27-19)11-18(17)24-21(26)13-25(16-6-7-16)12-14-2-4-15(23)5-3-14/h2-5,10-11,16H,1,6-9,12-13H2,(H,24,26). The summed E-state index contributed by atoms with van der Waals surface area (Å²) in [6, 6.07) is 10.2. The van der Waals surface area contributed by atoms with Crippen LogP contribution in [0.4, 0.5) is 10.1 Å². The van der Waals surface area contributed by atoms with Crippen LogP contribution in [-0.2, 0) is 11.3 Å². The van der Waals surface area contributed by atoms with Gasteiger partial charge in [-0.05, 0) is 30.5 Å². The van der Waals surface area contributed by atoms with Crippen LogP contribution in [0.15, 0.2) is 36.4 Å². The SMILES string of the molecule is O=C(CN(Cc1ccc(F)cc1)C1CC1)Nc1cc2c(cc1Cl)OCCCO2. The molecule has 28 heavy (non-hydrogen) atoms. The molecule has 2 aromatic carbocycles. The van der Waals surface area contributed by atoms with E-state index in [0.29, 0.717) is 48.0 Å². The van der Waals surface area contributed by atoms with Crippen LogP contribution in [0.2, 0.25) is 5.02 Å². The fourth-order valence-corrected chi connectivity index (χ4v) is 3.43. The van der Waals surface area contributed by atoms with E-state index < -0.39 is 0 Å². The average molecular weight is 405 g/mol. The minimum absolute atomic E-state index is 0.148. The molecular formula is C21H22ClFN2O3. The predicted octanol–water partition coefficient (Wildman–Crippen LogP) is 4.24. The van der Waals surface area contributed by atoms with Crippen molar-refractivity contribution in [3.63, 3.8) is 0 Å². The number of fused-ring (bicyclic) bond motifs is 1. The lowest BCUT2D eigenvalue weighted by Gasteiger charge is -2.22. The Labute approximate surface area is 168 Å². The van der Waals surface area contributed by atoms with E-state index in [1.807, 2.05) is 0 Å². The highest BCUT2D eigenvalue weighted by Crippen LogP contribution is 2.37. The second kappa shape index (κ2) is 8.37. The van der Waals surface area contributed by atoms with Gasteiger partial charge in [-0.3, -0.25) is 9.69 Å². The van der Waals surface area contributed by atoms with Gasteiger partial charge in [0.2, 0.25) is 5.91 Å². The number of benzene rings is 2. The highest BCUT2D eigenvalue weighted by atomic mass is 35.5. The summed E-state index contributed by atoms with van der Waals surface area (Å²) >= 11 is 6.32. The summed E-state index contributed by atoms with van der Waals surface area (Å²) in [5.41, 5.74) is 1.49. The zero-order valence-electron chi connectivity index (χ0n) is 15.4. The van der Waals surface area contributed by atoms with Gasteiger partial charge >= 0.3 is 0 Å². The van der Waals surface area contributed by atoms with Crippen LogP contribution in [-0.4, -0.2) is 36.6 Å². The fraction of sp³-hybridized carbons (Fsp3) is 0.381. The smallest absolute Gasteiger partial charge is 0.238 e. The Morgan fingerprint density at radius 2 is 1.82 bits per heavy atom. The van der Waals surface area contributed by atoms with E-state index in [-0.39, 0.29) is 18.3 Å². The molecule has 1 heterocycles. The largest absolute Gasteiger partial charge is 0.490 e. The summed E-state index contributed by atoms with van der Waals surface area (Å²) in [4.78, 5) is 14.8. The molecule has 1 aliphatic heterocycles. The normalized spacial score (nSPS) is 16.0. The number of ether oxygens (including phenoxy) is 2. The van der Waals surface area contributed by atoms with Gasteiger partial charge in [-0.15, -0.1) is 0 Å². The molecule has 4 rings (SSSR count). The van der Waals surface area contributed by atoms with Crippen molar-refractivity contribution in [2.45, 2.75) is 31.8 Å². The summed E-state index contributed by atoms with van der Waals surface area (Å²) < 4.78 is 24.4. The molecular weight excluding hydrogens is 383 g/mol. The molecule has 148 valence electrons. The Bertz CT molecular complexity index is 855. The number of nitrogens with one attached hydrogen (secondary N) is 1. The molecule has 0 radical (unpaired) electrons. The van der Waals surface area contributed by atoms with Crippen LogP contribution in [0.3, 0.4) is 0 Å². The summed E-state index contributed by atoms with van der Waals surface area (Å²) in [6.45, 7) is 1.99. The van der Waals surface area contributed by atoms with Crippen LogP contribution in [0, 0.1) is 5.82 Å². The average Bonchev–Trinajstić information content (AvgIpc) is 3.51. The number of nitrogens with zero attached hydrogens (tertiary/aromatic N) is 1. The second-order valence-corrected chi connectivity index (χ2v) is 7.55. The topological polar surface area (TPSA) is 50.8 Å². The zero-order valence-corrected chi connectivity index (χ0v) is 16.2. The van der Waals surface area contributed by atoms with Crippen molar-refractivity contribution in [2.75, 3.05) is 25.1 Å². The summed E-state index contributed by atoms with van der Waals surface area (Å²) in [6.07, 6.45) is 2.94. The van der Waals surface area contributed by atoms with E-state index in [4.69, 9.17) is 21.1 Å². The molecule has 0 aromatic heterocycles. The Morgan fingerprint density at radius 3 is 2.50 bits per heavy atom. The summed E-state index contributed by atoms with van der Waals surface area (Å²) in [5.74, 6) is 0.771. The van der Waals surface area contributed by atoms with Crippen molar-refractivity contribution in [1.29, 1.82) is 0 Å². The van der Waals surface area contributed by atoms with Crippen LogP contribution in [0.25, 0.3) is 0 Å². The number of anilines is 1. The van der Waals surface area contributed by atoms with Crippen LogP contribution in [0.1, 0.15) is 24.8 Å². The first-order valence-corrected chi connectivity index (χ1v) is 9.84. The van der Waals surface area contributed by atoms with Gasteiger partial charge in [-0.2, -0.15) is 0 Å². The molecule has 1 aliphatic carbocycles. The Balaban J connectivity index is 1.42. The van der Waals surface area contributed by atoms with Gasteiger partial charge < -0.3 is 14.8 Å². The first-order chi connectivity index (χ1) is 13.6. The molecule has 2 aliphatic rings. The van der Waals surface area contributed by atoms with Crippen LogP contribution in [0.5, 0.6) is 11.5 Å². The third-order valence-electron chi connectivity index (χ3n) is 4.82.